The first-order valence-electron chi connectivity index (χ1n) is 9.87. The van der Waals surface area contributed by atoms with Crippen molar-refractivity contribution < 1.29 is 18.3 Å². The number of alkyl halides is 3. The summed E-state index contributed by atoms with van der Waals surface area (Å²) in [6.07, 6.45) is -0.185. The summed E-state index contributed by atoms with van der Waals surface area (Å²) in [5.74, 6) is 1.13. The number of phenols is 1. The largest absolute Gasteiger partial charge is 0.507 e. The predicted molar refractivity (Wildman–Crippen MR) is 102 cm³/mol. The van der Waals surface area contributed by atoms with Crippen molar-refractivity contribution in [2.75, 3.05) is 0 Å². The third-order valence-electron chi connectivity index (χ3n) is 7.45. The van der Waals surface area contributed by atoms with Crippen LogP contribution in [0.5, 0.6) is 5.75 Å². The van der Waals surface area contributed by atoms with Crippen LogP contribution < -0.4 is 0 Å². The fourth-order valence-electron chi connectivity index (χ4n) is 6.44. The molecule has 3 aliphatic rings. The molecule has 3 aromatic rings. The first-order chi connectivity index (χ1) is 13.4. The minimum absolute atomic E-state index is 0.223. The lowest BCUT2D eigenvalue weighted by molar-refractivity contribution is -0.137. The van der Waals surface area contributed by atoms with Crippen LogP contribution in [0.25, 0.3) is 21.9 Å². The molecule has 2 fully saturated rings. The number of aromatic hydroxyl groups is 1. The zero-order valence-corrected chi connectivity index (χ0v) is 15.2. The van der Waals surface area contributed by atoms with Crippen LogP contribution in [-0.4, -0.2) is 5.11 Å². The highest BCUT2D eigenvalue weighted by Gasteiger charge is 2.57. The summed E-state index contributed by atoms with van der Waals surface area (Å²) in [5.41, 5.74) is 2.81. The van der Waals surface area contributed by atoms with E-state index in [4.69, 9.17) is 0 Å². The normalized spacial score (nSPS) is 27.5. The van der Waals surface area contributed by atoms with Crippen molar-refractivity contribution in [2.24, 2.45) is 11.8 Å². The molecule has 3 aromatic carbocycles. The van der Waals surface area contributed by atoms with E-state index in [9.17, 15) is 18.3 Å². The van der Waals surface area contributed by atoms with Gasteiger partial charge in [-0.3, -0.25) is 0 Å². The lowest BCUT2D eigenvalue weighted by Gasteiger charge is -2.36. The first kappa shape index (κ1) is 16.5. The molecular weight excluding hydrogens is 361 g/mol. The van der Waals surface area contributed by atoms with Crippen LogP contribution in [0.3, 0.4) is 0 Å². The second-order valence-corrected chi connectivity index (χ2v) is 8.67. The third-order valence-corrected chi connectivity index (χ3v) is 7.45. The molecule has 0 radical (unpaired) electrons. The molecule has 4 heteroatoms. The van der Waals surface area contributed by atoms with Gasteiger partial charge in [0.2, 0.25) is 0 Å². The van der Waals surface area contributed by atoms with E-state index in [1.807, 2.05) is 30.3 Å². The topological polar surface area (TPSA) is 20.2 Å². The maximum atomic E-state index is 13.5. The molecule has 2 saturated carbocycles. The van der Waals surface area contributed by atoms with Crippen molar-refractivity contribution in [2.45, 2.75) is 37.3 Å². The summed E-state index contributed by atoms with van der Waals surface area (Å²) < 4.78 is 40.6. The van der Waals surface area contributed by atoms with Crippen LogP contribution in [0, 0.1) is 11.8 Å². The van der Waals surface area contributed by atoms with Gasteiger partial charge in [-0.25, -0.2) is 0 Å². The fourth-order valence-corrected chi connectivity index (χ4v) is 6.44. The minimum Gasteiger partial charge on any atom is -0.507 e. The van der Waals surface area contributed by atoms with E-state index in [-0.39, 0.29) is 5.75 Å². The average Bonchev–Trinajstić information content (AvgIpc) is 3.35. The van der Waals surface area contributed by atoms with Gasteiger partial charge in [0.1, 0.15) is 5.75 Å². The Morgan fingerprint density at radius 3 is 2.39 bits per heavy atom. The molecule has 6 rings (SSSR count). The molecule has 3 atom stereocenters. The Bertz CT molecular complexity index is 1150. The van der Waals surface area contributed by atoms with Gasteiger partial charge in [-0.15, -0.1) is 0 Å². The van der Waals surface area contributed by atoms with Crippen molar-refractivity contribution in [3.05, 3.63) is 65.2 Å². The van der Waals surface area contributed by atoms with Crippen LogP contribution in [0.2, 0.25) is 0 Å². The summed E-state index contributed by atoms with van der Waals surface area (Å²) in [7, 11) is 0. The zero-order valence-electron chi connectivity index (χ0n) is 15.2. The van der Waals surface area contributed by atoms with Gasteiger partial charge >= 0.3 is 6.18 Å². The molecule has 1 N–H and O–H groups in total. The third kappa shape index (κ3) is 1.88. The number of hydrogen-bond acceptors (Lipinski definition) is 1. The molecule has 1 spiro atoms. The number of benzene rings is 3. The Balaban J connectivity index is 1.74. The van der Waals surface area contributed by atoms with Gasteiger partial charge in [0.15, 0.2) is 0 Å². The molecule has 1 nitrogen and oxygen atoms in total. The highest BCUT2D eigenvalue weighted by molar-refractivity contribution is 6.05. The zero-order chi connectivity index (χ0) is 19.3. The van der Waals surface area contributed by atoms with E-state index >= 15 is 0 Å². The molecule has 0 aromatic heterocycles. The van der Waals surface area contributed by atoms with Gasteiger partial charge in [0, 0.05) is 10.8 Å². The van der Waals surface area contributed by atoms with Crippen molar-refractivity contribution in [1.82, 2.24) is 0 Å². The summed E-state index contributed by atoms with van der Waals surface area (Å²) in [6, 6.07) is 13.7. The van der Waals surface area contributed by atoms with E-state index in [0.29, 0.717) is 11.8 Å². The maximum absolute atomic E-state index is 13.5. The quantitative estimate of drug-likeness (QED) is 0.463. The van der Waals surface area contributed by atoms with E-state index in [1.165, 1.54) is 12.1 Å². The summed E-state index contributed by atoms with van der Waals surface area (Å²) in [4.78, 5) is 0. The summed E-state index contributed by atoms with van der Waals surface area (Å²) in [5, 5.41) is 12.4. The monoisotopic (exact) mass is 380 g/mol. The lowest BCUT2D eigenvalue weighted by atomic mass is 9.66. The highest BCUT2D eigenvalue weighted by Crippen LogP contribution is 2.67. The van der Waals surface area contributed by atoms with Gasteiger partial charge < -0.3 is 5.11 Å². The second kappa shape index (κ2) is 5.11. The van der Waals surface area contributed by atoms with Crippen molar-refractivity contribution >= 4 is 10.8 Å². The Hall–Kier alpha value is -2.49. The Morgan fingerprint density at radius 1 is 0.929 bits per heavy atom. The molecule has 3 unspecified atom stereocenters. The smallest absolute Gasteiger partial charge is 0.416 e. The summed E-state index contributed by atoms with van der Waals surface area (Å²) in [6.45, 7) is 0. The van der Waals surface area contributed by atoms with Gasteiger partial charge in [-0.1, -0.05) is 36.8 Å². The Labute approximate surface area is 160 Å². The Morgan fingerprint density at radius 2 is 1.71 bits per heavy atom. The van der Waals surface area contributed by atoms with Crippen molar-refractivity contribution in [3.8, 4) is 16.9 Å². The lowest BCUT2D eigenvalue weighted by Crippen LogP contribution is -2.32. The molecule has 0 heterocycles. The molecule has 28 heavy (non-hydrogen) atoms. The van der Waals surface area contributed by atoms with Crippen LogP contribution >= 0.6 is 0 Å². The number of phenolic OH excluding ortho intramolecular Hbond substituents is 1. The number of rotatable bonds is 0. The van der Waals surface area contributed by atoms with Crippen molar-refractivity contribution in [1.29, 1.82) is 0 Å². The first-order valence-corrected chi connectivity index (χ1v) is 9.87. The standard InChI is InChI=1S/C24H19F3O/c25-24(26,27)15-7-8-18-19(10-15)23(12-13-5-6-14(23)9-13)20-11-21(28)16-3-1-2-4-17(16)22(18)20/h1-4,7-8,10-11,13-14,28H,5-6,9,12H2. The van der Waals surface area contributed by atoms with Crippen LogP contribution in [0.4, 0.5) is 13.2 Å². The molecule has 0 aliphatic heterocycles. The minimum atomic E-state index is -4.35. The van der Waals surface area contributed by atoms with Crippen molar-refractivity contribution in [3.63, 3.8) is 0 Å². The number of halogens is 3. The second-order valence-electron chi connectivity index (χ2n) is 8.67. The van der Waals surface area contributed by atoms with Crippen LogP contribution in [0.1, 0.15) is 42.4 Å². The van der Waals surface area contributed by atoms with Crippen LogP contribution in [0.15, 0.2) is 48.5 Å². The molecule has 0 amide bonds. The van der Waals surface area contributed by atoms with E-state index in [0.717, 1.165) is 58.7 Å². The van der Waals surface area contributed by atoms with Gasteiger partial charge in [0.25, 0.3) is 0 Å². The Kier molecular flexibility index (Phi) is 3.00. The summed E-state index contributed by atoms with van der Waals surface area (Å²) >= 11 is 0. The average molecular weight is 380 g/mol. The number of fused-ring (bicyclic) bond motifs is 10. The predicted octanol–water partition coefficient (Wildman–Crippen LogP) is 6.65. The van der Waals surface area contributed by atoms with Gasteiger partial charge in [0.05, 0.1) is 5.56 Å². The van der Waals surface area contributed by atoms with Gasteiger partial charge in [-0.05, 0) is 76.9 Å². The highest BCUT2D eigenvalue weighted by atomic mass is 19.4. The molecule has 3 aliphatic carbocycles. The van der Waals surface area contributed by atoms with E-state index < -0.39 is 17.2 Å². The van der Waals surface area contributed by atoms with E-state index in [2.05, 4.69) is 0 Å². The SMILES string of the molecule is Oc1cc2c(c3ccccc13)-c1ccc(C(F)(F)F)cc1C21CC2CCC1C2. The fraction of sp³-hybridized carbons (Fsp3) is 0.333. The van der Waals surface area contributed by atoms with Crippen LogP contribution in [-0.2, 0) is 11.6 Å². The molecule has 0 saturated heterocycles. The van der Waals surface area contributed by atoms with Gasteiger partial charge in [-0.2, -0.15) is 13.2 Å². The maximum Gasteiger partial charge on any atom is 0.416 e. The molecular formula is C24H19F3O. The van der Waals surface area contributed by atoms with E-state index in [1.54, 1.807) is 6.07 Å². The molecule has 2 bridgehead atoms. The number of hydrogen-bond donors (Lipinski definition) is 1. The molecule has 142 valence electrons.